The molecule has 6 nitrogen and oxygen atoms in total. The molecule has 4 aromatic rings. The van der Waals surface area contributed by atoms with E-state index in [0.29, 0.717) is 22.2 Å². The first-order valence-corrected chi connectivity index (χ1v) is 10.6. The van der Waals surface area contributed by atoms with Crippen LogP contribution in [0, 0.1) is 11.3 Å². The van der Waals surface area contributed by atoms with E-state index in [1.807, 2.05) is 65.2 Å². The quantitative estimate of drug-likeness (QED) is 0.443. The highest BCUT2D eigenvalue weighted by Gasteiger charge is 2.22. The summed E-state index contributed by atoms with van der Waals surface area (Å²) in [6, 6.07) is 28.7. The number of carbonyl (C=O) groups excluding carboxylic acids is 1. The Morgan fingerprint density at radius 1 is 0.968 bits per heavy atom. The normalized spacial score (nSPS) is 11.5. The number of anilines is 1. The average Bonchev–Trinajstić information content (AvgIpc) is 3.24. The summed E-state index contributed by atoms with van der Waals surface area (Å²) in [5, 5.41) is 21.0. The van der Waals surface area contributed by atoms with Gasteiger partial charge in [0.2, 0.25) is 5.91 Å². The Balaban J connectivity index is 1.63. The second kappa shape index (κ2) is 9.28. The van der Waals surface area contributed by atoms with Crippen LogP contribution in [0.4, 0.5) is 5.69 Å². The van der Waals surface area contributed by atoms with Crippen LogP contribution < -0.4 is 5.32 Å². The maximum atomic E-state index is 12.8. The summed E-state index contributed by atoms with van der Waals surface area (Å²) in [4.78, 5) is 12.8. The third kappa shape index (κ3) is 4.49. The fourth-order valence-corrected chi connectivity index (χ4v) is 3.93. The van der Waals surface area contributed by atoms with Crippen molar-refractivity contribution in [3.63, 3.8) is 0 Å². The number of hydrogen-bond donors (Lipinski definition) is 1. The maximum absolute atomic E-state index is 12.8. The number of carbonyl (C=O) groups is 1. The number of thioether (sulfide) groups is 1. The molecule has 1 amide bonds. The summed E-state index contributed by atoms with van der Waals surface area (Å²) < 4.78 is 1.95. The van der Waals surface area contributed by atoms with Crippen molar-refractivity contribution >= 4 is 23.4 Å². The first kappa shape index (κ1) is 20.4. The Labute approximate surface area is 184 Å². The van der Waals surface area contributed by atoms with Crippen LogP contribution >= 0.6 is 11.8 Å². The Kier molecular flexibility index (Phi) is 6.11. The van der Waals surface area contributed by atoms with Gasteiger partial charge in [-0.2, -0.15) is 5.26 Å². The first-order chi connectivity index (χ1) is 15.2. The van der Waals surface area contributed by atoms with Gasteiger partial charge in [0, 0.05) is 11.3 Å². The number of hydrogen-bond acceptors (Lipinski definition) is 5. The van der Waals surface area contributed by atoms with Crippen LogP contribution in [0.2, 0.25) is 0 Å². The minimum Gasteiger partial charge on any atom is -0.324 e. The van der Waals surface area contributed by atoms with Gasteiger partial charge >= 0.3 is 0 Å². The van der Waals surface area contributed by atoms with Crippen molar-refractivity contribution in [1.82, 2.24) is 14.8 Å². The zero-order chi connectivity index (χ0) is 21.6. The number of amides is 1. The van der Waals surface area contributed by atoms with Crippen molar-refractivity contribution in [3.8, 4) is 23.1 Å². The monoisotopic (exact) mass is 425 g/mol. The SMILES string of the molecule is CC(Sc1nnc(-c2ccccc2)n1-c1ccccc1)C(=O)Nc1ccccc1C#N. The van der Waals surface area contributed by atoms with Crippen LogP contribution in [-0.4, -0.2) is 25.9 Å². The Morgan fingerprint density at radius 2 is 1.61 bits per heavy atom. The average molecular weight is 426 g/mol. The van der Waals surface area contributed by atoms with Gasteiger partial charge in [-0.05, 0) is 31.2 Å². The molecule has 31 heavy (non-hydrogen) atoms. The molecule has 0 spiro atoms. The lowest BCUT2D eigenvalue weighted by Gasteiger charge is -2.14. The van der Waals surface area contributed by atoms with Crippen LogP contribution in [0.3, 0.4) is 0 Å². The first-order valence-electron chi connectivity index (χ1n) is 9.70. The molecule has 4 rings (SSSR count). The molecule has 0 radical (unpaired) electrons. The zero-order valence-electron chi connectivity index (χ0n) is 16.8. The lowest BCUT2D eigenvalue weighted by Crippen LogP contribution is -2.23. The van der Waals surface area contributed by atoms with E-state index in [9.17, 15) is 10.1 Å². The standard InChI is InChI=1S/C24H19N5OS/c1-17(23(30)26-21-15-9-8-12-19(21)16-25)31-24-28-27-22(18-10-4-2-5-11-18)29(24)20-13-6-3-7-14-20/h2-15,17H,1H3,(H,26,30). The highest BCUT2D eigenvalue weighted by Crippen LogP contribution is 2.30. The molecule has 0 fully saturated rings. The van der Waals surface area contributed by atoms with Gasteiger partial charge < -0.3 is 5.32 Å². The predicted octanol–water partition coefficient (Wildman–Crippen LogP) is 4.93. The molecular formula is C24H19N5OS. The lowest BCUT2D eigenvalue weighted by atomic mass is 10.2. The van der Waals surface area contributed by atoms with E-state index in [0.717, 1.165) is 11.3 Å². The third-order valence-electron chi connectivity index (χ3n) is 4.64. The number of nitrogens with zero attached hydrogens (tertiary/aromatic N) is 4. The van der Waals surface area contributed by atoms with Gasteiger partial charge in [-0.1, -0.05) is 72.4 Å². The molecule has 0 aliphatic carbocycles. The van der Waals surface area contributed by atoms with Gasteiger partial charge in [0.05, 0.1) is 16.5 Å². The molecule has 0 aliphatic heterocycles. The third-order valence-corrected chi connectivity index (χ3v) is 5.68. The van der Waals surface area contributed by atoms with E-state index in [1.54, 1.807) is 31.2 Å². The number of aromatic nitrogens is 3. The molecule has 1 atom stereocenters. The second-order valence-corrected chi connectivity index (χ2v) is 8.06. The minimum absolute atomic E-state index is 0.212. The van der Waals surface area contributed by atoms with E-state index in [1.165, 1.54) is 11.8 Å². The van der Waals surface area contributed by atoms with Crippen molar-refractivity contribution < 1.29 is 4.79 Å². The number of rotatable bonds is 6. The maximum Gasteiger partial charge on any atom is 0.237 e. The second-order valence-electron chi connectivity index (χ2n) is 6.75. The Morgan fingerprint density at radius 3 is 2.32 bits per heavy atom. The largest absolute Gasteiger partial charge is 0.324 e. The van der Waals surface area contributed by atoms with Gasteiger partial charge in [0.1, 0.15) is 6.07 Å². The van der Waals surface area contributed by atoms with Gasteiger partial charge in [-0.25, -0.2) is 0 Å². The van der Waals surface area contributed by atoms with Crippen LogP contribution in [-0.2, 0) is 4.79 Å². The topological polar surface area (TPSA) is 83.6 Å². The van der Waals surface area contributed by atoms with Crippen LogP contribution in [0.5, 0.6) is 0 Å². The molecule has 1 N–H and O–H groups in total. The summed E-state index contributed by atoms with van der Waals surface area (Å²) in [5.74, 6) is 0.494. The summed E-state index contributed by atoms with van der Waals surface area (Å²) >= 11 is 1.32. The van der Waals surface area contributed by atoms with E-state index < -0.39 is 5.25 Å². The van der Waals surface area contributed by atoms with E-state index in [-0.39, 0.29) is 5.91 Å². The molecule has 0 aliphatic rings. The van der Waals surface area contributed by atoms with Crippen molar-refractivity contribution in [2.45, 2.75) is 17.3 Å². The Bertz CT molecular complexity index is 1230. The van der Waals surface area contributed by atoms with Crippen molar-refractivity contribution in [1.29, 1.82) is 5.26 Å². The van der Waals surface area contributed by atoms with Gasteiger partial charge in [-0.15, -0.1) is 10.2 Å². The van der Waals surface area contributed by atoms with Crippen LogP contribution in [0.25, 0.3) is 17.1 Å². The van der Waals surface area contributed by atoms with Gasteiger partial charge in [0.25, 0.3) is 0 Å². The summed E-state index contributed by atoms with van der Waals surface area (Å²) in [5.41, 5.74) is 2.77. The molecule has 1 heterocycles. The van der Waals surface area contributed by atoms with Crippen LogP contribution in [0.1, 0.15) is 12.5 Å². The summed E-state index contributed by atoms with van der Waals surface area (Å²) in [7, 11) is 0. The fourth-order valence-electron chi connectivity index (χ4n) is 3.07. The number of nitriles is 1. The van der Waals surface area contributed by atoms with Crippen molar-refractivity contribution in [2.24, 2.45) is 0 Å². The van der Waals surface area contributed by atoms with Gasteiger partial charge in [0.15, 0.2) is 11.0 Å². The van der Waals surface area contributed by atoms with Gasteiger partial charge in [-0.3, -0.25) is 9.36 Å². The molecule has 1 unspecified atom stereocenters. The van der Waals surface area contributed by atoms with E-state index in [4.69, 9.17) is 0 Å². The molecule has 152 valence electrons. The Hall–Kier alpha value is -3.89. The molecule has 0 saturated heterocycles. The summed E-state index contributed by atoms with van der Waals surface area (Å²) in [6.45, 7) is 1.81. The predicted molar refractivity (Wildman–Crippen MR) is 122 cm³/mol. The molecular weight excluding hydrogens is 406 g/mol. The molecule has 7 heteroatoms. The van der Waals surface area contributed by atoms with Crippen molar-refractivity contribution in [3.05, 3.63) is 90.5 Å². The highest BCUT2D eigenvalue weighted by atomic mass is 32.2. The molecule has 1 aromatic heterocycles. The van der Waals surface area contributed by atoms with Crippen LogP contribution in [0.15, 0.2) is 90.1 Å². The lowest BCUT2D eigenvalue weighted by molar-refractivity contribution is -0.115. The van der Waals surface area contributed by atoms with E-state index in [2.05, 4.69) is 21.6 Å². The molecule has 3 aromatic carbocycles. The smallest absolute Gasteiger partial charge is 0.237 e. The van der Waals surface area contributed by atoms with Crippen molar-refractivity contribution in [2.75, 3.05) is 5.32 Å². The number of para-hydroxylation sites is 2. The number of benzene rings is 3. The summed E-state index contributed by atoms with van der Waals surface area (Å²) in [6.07, 6.45) is 0. The number of nitrogens with one attached hydrogen (secondary N) is 1. The fraction of sp³-hybridized carbons (Fsp3) is 0.0833. The molecule has 0 saturated carbocycles. The van der Waals surface area contributed by atoms with E-state index >= 15 is 0 Å². The zero-order valence-corrected chi connectivity index (χ0v) is 17.6. The highest BCUT2D eigenvalue weighted by molar-refractivity contribution is 8.00. The molecule has 0 bridgehead atoms. The minimum atomic E-state index is -0.456.